The molecule has 2 atom stereocenters. The Kier molecular flexibility index (Phi) is 4.44. The van der Waals surface area contributed by atoms with Gasteiger partial charge in [-0.15, -0.1) is 0 Å². The topological polar surface area (TPSA) is 42.0 Å². The van der Waals surface area contributed by atoms with Crippen molar-refractivity contribution in [3.63, 3.8) is 0 Å². The minimum Gasteiger partial charge on any atom is -0.379 e. The summed E-state index contributed by atoms with van der Waals surface area (Å²) in [5, 5.41) is 1.76. The predicted molar refractivity (Wildman–Crippen MR) is 56.1 cm³/mol. The van der Waals surface area contributed by atoms with Gasteiger partial charge in [-0.3, -0.25) is 4.21 Å². The lowest BCUT2D eigenvalue weighted by Gasteiger charge is -2.12. The van der Waals surface area contributed by atoms with Crippen LogP contribution in [0.3, 0.4) is 0 Å². The molecule has 0 aliphatic carbocycles. The number of pyridine rings is 1. The molecule has 0 spiro atoms. The van der Waals surface area contributed by atoms with Gasteiger partial charge in [-0.2, -0.15) is 22.5 Å². The molecule has 0 fully saturated rings. The number of aromatic nitrogens is 1. The molecule has 1 rings (SSSR count). The molecule has 1 aromatic rings. The molecule has 1 N–H and O–H groups in total. The number of nitrogens with zero attached hydrogens (tertiary/aromatic N) is 1. The summed E-state index contributed by atoms with van der Waals surface area (Å²) in [6, 6.07) is 0. The summed E-state index contributed by atoms with van der Waals surface area (Å²) in [5.74, 6) is -6.65. The highest BCUT2D eigenvalue weighted by molar-refractivity contribution is 7.84. The van der Waals surface area contributed by atoms with Crippen LogP contribution < -0.4 is 5.32 Å². The Hall–Kier alpha value is -1.18. The van der Waals surface area contributed by atoms with Gasteiger partial charge in [0.1, 0.15) is 5.69 Å². The van der Waals surface area contributed by atoms with E-state index in [0.717, 1.165) is 0 Å². The Morgan fingerprint density at radius 3 is 2.12 bits per heavy atom. The van der Waals surface area contributed by atoms with E-state index in [0.29, 0.717) is 0 Å². The van der Waals surface area contributed by atoms with Gasteiger partial charge in [0.2, 0.25) is 11.6 Å². The smallest absolute Gasteiger partial charge is 0.253 e. The first-order valence-electron chi connectivity index (χ1n) is 4.60. The number of anilines is 1. The molecule has 96 valence electrons. The summed E-state index contributed by atoms with van der Waals surface area (Å²) < 4.78 is 62.6. The SMILES string of the molecule is CC(CNc1c(F)c(F)nc(F)c1F)S(C)=O. The lowest BCUT2D eigenvalue weighted by atomic mass is 10.3. The van der Waals surface area contributed by atoms with Crippen molar-refractivity contribution in [2.45, 2.75) is 12.2 Å². The third-order valence-electron chi connectivity index (χ3n) is 2.13. The first-order chi connectivity index (χ1) is 7.84. The van der Waals surface area contributed by atoms with Gasteiger partial charge < -0.3 is 5.32 Å². The molecule has 0 amide bonds. The van der Waals surface area contributed by atoms with Crippen LogP contribution in [-0.4, -0.2) is 27.2 Å². The van der Waals surface area contributed by atoms with E-state index in [1.54, 1.807) is 6.92 Å². The summed E-state index contributed by atoms with van der Waals surface area (Å²) >= 11 is 0. The Morgan fingerprint density at radius 2 is 1.71 bits per heavy atom. The van der Waals surface area contributed by atoms with Crippen molar-refractivity contribution < 1.29 is 21.8 Å². The standard InChI is InChI=1S/C9H10F4N2OS/c1-4(17(2)16)3-14-7-5(10)8(12)15-9(13)6(7)11/h4H,3H2,1-2H3,(H,14,15). The quantitative estimate of drug-likeness (QED) is 0.670. The van der Waals surface area contributed by atoms with Gasteiger partial charge in [-0.25, -0.2) is 0 Å². The van der Waals surface area contributed by atoms with Gasteiger partial charge >= 0.3 is 0 Å². The highest BCUT2D eigenvalue weighted by Crippen LogP contribution is 2.21. The fourth-order valence-corrected chi connectivity index (χ4v) is 1.32. The van der Waals surface area contributed by atoms with Crippen LogP contribution in [0.2, 0.25) is 0 Å². The zero-order valence-electron chi connectivity index (χ0n) is 9.06. The average Bonchev–Trinajstić information content (AvgIpc) is 2.26. The zero-order valence-corrected chi connectivity index (χ0v) is 9.88. The van der Waals surface area contributed by atoms with Gasteiger partial charge in [0.25, 0.3) is 11.9 Å². The molecule has 1 heterocycles. The van der Waals surface area contributed by atoms with Crippen molar-refractivity contribution in [3.8, 4) is 0 Å². The minimum atomic E-state index is -1.73. The van der Waals surface area contributed by atoms with Crippen molar-refractivity contribution in [1.29, 1.82) is 0 Å². The summed E-state index contributed by atoms with van der Waals surface area (Å²) in [7, 11) is -1.22. The zero-order chi connectivity index (χ0) is 13.2. The number of halogens is 4. The monoisotopic (exact) mass is 270 g/mol. The van der Waals surface area contributed by atoms with Crippen LogP contribution in [0.4, 0.5) is 23.2 Å². The number of rotatable bonds is 4. The van der Waals surface area contributed by atoms with Gasteiger partial charge in [0.05, 0.1) is 0 Å². The Bertz CT molecular complexity index is 429. The van der Waals surface area contributed by atoms with E-state index >= 15 is 0 Å². The second-order valence-electron chi connectivity index (χ2n) is 3.39. The third-order valence-corrected chi connectivity index (χ3v) is 3.43. The van der Waals surface area contributed by atoms with E-state index in [1.807, 2.05) is 0 Å². The van der Waals surface area contributed by atoms with E-state index in [9.17, 15) is 21.8 Å². The molecule has 0 aliphatic rings. The lowest BCUT2D eigenvalue weighted by Crippen LogP contribution is -2.22. The van der Waals surface area contributed by atoms with Crippen LogP contribution in [0.25, 0.3) is 0 Å². The molecule has 0 radical (unpaired) electrons. The normalized spacial score (nSPS) is 14.5. The molecule has 0 aromatic carbocycles. The van der Waals surface area contributed by atoms with Crippen LogP contribution in [0.15, 0.2) is 0 Å². The molecule has 0 bridgehead atoms. The second-order valence-corrected chi connectivity index (χ2v) is 5.19. The van der Waals surface area contributed by atoms with E-state index in [4.69, 9.17) is 0 Å². The molecular formula is C9H10F4N2OS. The Morgan fingerprint density at radius 1 is 1.24 bits per heavy atom. The predicted octanol–water partition coefficient (Wildman–Crippen LogP) is 1.82. The van der Waals surface area contributed by atoms with Crippen molar-refractivity contribution in [3.05, 3.63) is 23.5 Å². The second kappa shape index (κ2) is 5.44. The van der Waals surface area contributed by atoms with Gasteiger partial charge in [0, 0.05) is 28.9 Å². The molecule has 8 heteroatoms. The maximum atomic E-state index is 13.1. The molecule has 2 unspecified atom stereocenters. The summed E-state index contributed by atoms with van der Waals surface area (Å²) in [6.45, 7) is 1.48. The lowest BCUT2D eigenvalue weighted by molar-refractivity contribution is 0.410. The molecule has 0 aliphatic heterocycles. The number of hydrogen-bond acceptors (Lipinski definition) is 3. The average molecular weight is 270 g/mol. The fourth-order valence-electron chi connectivity index (χ4n) is 1.01. The maximum absolute atomic E-state index is 13.1. The molecule has 1 aromatic heterocycles. The van der Waals surface area contributed by atoms with Crippen LogP contribution >= 0.6 is 0 Å². The fraction of sp³-hybridized carbons (Fsp3) is 0.444. The van der Waals surface area contributed by atoms with Gasteiger partial charge in [-0.1, -0.05) is 0 Å². The third kappa shape index (κ3) is 3.15. The van der Waals surface area contributed by atoms with Gasteiger partial charge in [-0.05, 0) is 6.92 Å². The Balaban J connectivity index is 2.95. The van der Waals surface area contributed by atoms with E-state index in [1.165, 1.54) is 6.26 Å². The van der Waals surface area contributed by atoms with E-state index in [2.05, 4.69) is 10.3 Å². The highest BCUT2D eigenvalue weighted by atomic mass is 32.2. The molecule has 3 nitrogen and oxygen atoms in total. The summed E-state index contributed by atoms with van der Waals surface area (Å²) in [6.07, 6.45) is 1.41. The van der Waals surface area contributed by atoms with Crippen molar-refractivity contribution in [1.82, 2.24) is 4.98 Å². The van der Waals surface area contributed by atoms with Crippen molar-refractivity contribution in [2.75, 3.05) is 18.1 Å². The molecule has 0 saturated carbocycles. The van der Waals surface area contributed by atoms with E-state index < -0.39 is 45.3 Å². The van der Waals surface area contributed by atoms with Crippen LogP contribution in [0.1, 0.15) is 6.92 Å². The molecular weight excluding hydrogens is 260 g/mol. The number of hydrogen-bond donors (Lipinski definition) is 1. The van der Waals surface area contributed by atoms with Crippen LogP contribution in [0.5, 0.6) is 0 Å². The summed E-state index contributed by atoms with van der Waals surface area (Å²) in [5.41, 5.74) is -0.938. The van der Waals surface area contributed by atoms with Crippen LogP contribution in [0, 0.1) is 23.5 Å². The highest BCUT2D eigenvalue weighted by Gasteiger charge is 2.21. The van der Waals surface area contributed by atoms with Crippen molar-refractivity contribution >= 4 is 16.5 Å². The van der Waals surface area contributed by atoms with Crippen LogP contribution in [-0.2, 0) is 10.8 Å². The largest absolute Gasteiger partial charge is 0.379 e. The maximum Gasteiger partial charge on any atom is 0.253 e. The molecule has 0 saturated heterocycles. The number of nitrogens with one attached hydrogen (secondary N) is 1. The molecule has 17 heavy (non-hydrogen) atoms. The Labute approximate surface area is 97.7 Å². The first kappa shape index (κ1) is 13.9. The summed E-state index contributed by atoms with van der Waals surface area (Å²) in [4.78, 5) is 2.41. The van der Waals surface area contributed by atoms with E-state index in [-0.39, 0.29) is 6.54 Å². The van der Waals surface area contributed by atoms with Gasteiger partial charge in [0.15, 0.2) is 0 Å². The minimum absolute atomic E-state index is 0.0835. The van der Waals surface area contributed by atoms with Crippen molar-refractivity contribution in [2.24, 2.45) is 0 Å². The first-order valence-corrected chi connectivity index (χ1v) is 6.22.